The highest BCUT2D eigenvalue weighted by molar-refractivity contribution is 8.00. The van der Waals surface area contributed by atoms with Crippen LogP contribution >= 0.6 is 23.5 Å². The van der Waals surface area contributed by atoms with Crippen LogP contribution in [0.25, 0.3) is 5.69 Å². The van der Waals surface area contributed by atoms with Gasteiger partial charge in [0.05, 0.1) is 30.3 Å². The summed E-state index contributed by atoms with van der Waals surface area (Å²) in [7, 11) is 0. The first-order valence-electron chi connectivity index (χ1n) is 11.3. The molecule has 0 N–H and O–H groups in total. The molecular weight excluding hydrogens is 473 g/mol. The Labute approximate surface area is 206 Å². The molecule has 1 fully saturated rings. The lowest BCUT2D eigenvalue weighted by molar-refractivity contribution is -0.116. The number of rotatable bonds is 5. The van der Waals surface area contributed by atoms with Crippen molar-refractivity contribution in [2.75, 3.05) is 48.4 Å². The minimum atomic E-state index is -0.334. The molecule has 3 heterocycles. The number of thioether (sulfide) groups is 2. The molecular formula is C24H26FN5O2S2. The molecule has 0 bridgehead atoms. The van der Waals surface area contributed by atoms with E-state index in [4.69, 9.17) is 4.74 Å². The van der Waals surface area contributed by atoms with Gasteiger partial charge >= 0.3 is 0 Å². The molecule has 2 aromatic carbocycles. The average molecular weight is 500 g/mol. The van der Waals surface area contributed by atoms with Crippen LogP contribution in [0.3, 0.4) is 0 Å². The van der Waals surface area contributed by atoms with Gasteiger partial charge in [-0.05, 0) is 36.8 Å². The SMILES string of the molecule is C[C@H]1CCN(C(=O)CSc2nnc(N3CCOCC3)n2-c2cccc(F)c2)c2ccccc2S1. The number of hydrogen-bond acceptors (Lipinski definition) is 7. The first kappa shape index (κ1) is 23.2. The molecule has 0 saturated carbocycles. The normalized spacial score (nSPS) is 18.5. The standard InChI is InChI=1S/C24H26FN5O2S2/c1-17-9-10-29(20-7-2-3-8-21(20)34-17)22(31)16-33-24-27-26-23(28-11-13-32-14-12-28)30(24)19-6-4-5-18(25)15-19/h2-8,15,17H,9-14,16H2,1H3/t17-/m0/s1. The maximum atomic E-state index is 14.1. The van der Waals surface area contributed by atoms with Crippen molar-refractivity contribution in [1.82, 2.24) is 14.8 Å². The Bertz CT molecular complexity index is 1170. The predicted octanol–water partition coefficient (Wildman–Crippen LogP) is 4.25. The predicted molar refractivity (Wildman–Crippen MR) is 134 cm³/mol. The van der Waals surface area contributed by atoms with Crippen LogP contribution in [0.15, 0.2) is 58.6 Å². The second-order valence-corrected chi connectivity index (χ2v) is 10.6. The van der Waals surface area contributed by atoms with E-state index < -0.39 is 0 Å². The maximum Gasteiger partial charge on any atom is 0.237 e. The third-order valence-electron chi connectivity index (χ3n) is 5.85. The molecule has 1 aromatic heterocycles. The van der Waals surface area contributed by atoms with E-state index in [1.165, 1.54) is 23.9 Å². The minimum absolute atomic E-state index is 0.0221. The summed E-state index contributed by atoms with van der Waals surface area (Å²) in [6.07, 6.45) is 0.927. The van der Waals surface area contributed by atoms with Crippen molar-refractivity contribution in [3.63, 3.8) is 0 Å². The summed E-state index contributed by atoms with van der Waals surface area (Å²) in [4.78, 5) is 18.4. The second kappa shape index (κ2) is 10.4. The lowest BCUT2D eigenvalue weighted by Crippen LogP contribution is -2.38. The Morgan fingerprint density at radius 3 is 2.79 bits per heavy atom. The number of morpholine rings is 1. The molecule has 2 aliphatic heterocycles. The van der Waals surface area contributed by atoms with Gasteiger partial charge in [-0.3, -0.25) is 9.36 Å². The average Bonchev–Trinajstić information content (AvgIpc) is 3.20. The first-order valence-corrected chi connectivity index (χ1v) is 13.2. The van der Waals surface area contributed by atoms with Crippen LogP contribution in [0, 0.1) is 5.82 Å². The zero-order chi connectivity index (χ0) is 23.5. The van der Waals surface area contributed by atoms with Crippen LogP contribution in [0.5, 0.6) is 0 Å². The van der Waals surface area contributed by atoms with Crippen molar-refractivity contribution in [2.24, 2.45) is 0 Å². The van der Waals surface area contributed by atoms with Crippen LogP contribution in [0.1, 0.15) is 13.3 Å². The van der Waals surface area contributed by atoms with E-state index in [0.29, 0.717) is 54.9 Å². The van der Waals surface area contributed by atoms with Crippen molar-refractivity contribution in [2.45, 2.75) is 28.6 Å². The third-order valence-corrected chi connectivity index (χ3v) is 8.00. The lowest BCUT2D eigenvalue weighted by atomic mass is 10.2. The molecule has 34 heavy (non-hydrogen) atoms. The highest BCUT2D eigenvalue weighted by atomic mass is 32.2. The zero-order valence-electron chi connectivity index (χ0n) is 18.9. The van der Waals surface area contributed by atoms with E-state index in [1.54, 1.807) is 6.07 Å². The van der Waals surface area contributed by atoms with Crippen LogP contribution in [0.4, 0.5) is 16.0 Å². The highest BCUT2D eigenvalue weighted by Crippen LogP contribution is 2.38. The number of amides is 1. The van der Waals surface area contributed by atoms with Gasteiger partial charge in [-0.2, -0.15) is 0 Å². The van der Waals surface area contributed by atoms with Gasteiger partial charge in [-0.25, -0.2) is 4.39 Å². The van der Waals surface area contributed by atoms with E-state index >= 15 is 0 Å². The van der Waals surface area contributed by atoms with Crippen molar-refractivity contribution in [1.29, 1.82) is 0 Å². The molecule has 1 atom stereocenters. The molecule has 178 valence electrons. The first-order chi connectivity index (χ1) is 16.6. The Balaban J connectivity index is 1.40. The summed E-state index contributed by atoms with van der Waals surface area (Å²) in [5.41, 5.74) is 1.59. The van der Waals surface area contributed by atoms with Crippen LogP contribution < -0.4 is 9.80 Å². The molecule has 1 saturated heterocycles. The molecule has 2 aliphatic rings. The number of hydrogen-bond donors (Lipinski definition) is 0. The number of nitrogens with zero attached hydrogens (tertiary/aromatic N) is 5. The second-order valence-electron chi connectivity index (χ2n) is 8.22. The topological polar surface area (TPSA) is 63.5 Å². The molecule has 0 aliphatic carbocycles. The van der Waals surface area contributed by atoms with Crippen molar-refractivity contribution < 1.29 is 13.9 Å². The molecule has 0 radical (unpaired) electrons. The van der Waals surface area contributed by atoms with Crippen LogP contribution in [0.2, 0.25) is 0 Å². The number of anilines is 2. The quantitative estimate of drug-likeness (QED) is 0.486. The van der Waals surface area contributed by atoms with E-state index in [2.05, 4.69) is 28.1 Å². The molecule has 7 nitrogen and oxygen atoms in total. The van der Waals surface area contributed by atoms with E-state index in [1.807, 2.05) is 45.5 Å². The third kappa shape index (κ3) is 4.94. The summed E-state index contributed by atoms with van der Waals surface area (Å²) in [5, 5.41) is 9.80. The monoisotopic (exact) mass is 499 g/mol. The highest BCUT2D eigenvalue weighted by Gasteiger charge is 2.26. The van der Waals surface area contributed by atoms with Gasteiger partial charge < -0.3 is 14.5 Å². The fourth-order valence-corrected chi connectivity index (χ4v) is 6.05. The van der Waals surface area contributed by atoms with Crippen molar-refractivity contribution in [3.8, 4) is 5.69 Å². The number of halogens is 1. The summed E-state index contributed by atoms with van der Waals surface area (Å²) in [5.74, 6) is 0.534. The largest absolute Gasteiger partial charge is 0.378 e. The smallest absolute Gasteiger partial charge is 0.237 e. The Morgan fingerprint density at radius 2 is 1.97 bits per heavy atom. The number of carbonyl (C=O) groups excluding carboxylic acids is 1. The molecule has 10 heteroatoms. The van der Waals surface area contributed by atoms with E-state index in [-0.39, 0.29) is 17.5 Å². The van der Waals surface area contributed by atoms with Crippen molar-refractivity contribution in [3.05, 3.63) is 54.3 Å². The summed E-state index contributed by atoms with van der Waals surface area (Å²) in [6, 6.07) is 14.4. The number of benzene rings is 2. The maximum absolute atomic E-state index is 14.1. The van der Waals surface area contributed by atoms with E-state index in [9.17, 15) is 9.18 Å². The Kier molecular flexibility index (Phi) is 7.07. The number of para-hydroxylation sites is 1. The van der Waals surface area contributed by atoms with Crippen molar-refractivity contribution >= 4 is 41.1 Å². The Morgan fingerprint density at radius 1 is 1.15 bits per heavy atom. The summed E-state index contributed by atoms with van der Waals surface area (Å²) < 4.78 is 21.4. The fourth-order valence-electron chi connectivity index (χ4n) is 4.12. The zero-order valence-corrected chi connectivity index (χ0v) is 20.5. The number of carbonyl (C=O) groups is 1. The van der Waals surface area contributed by atoms with Gasteiger partial charge in [0.25, 0.3) is 0 Å². The van der Waals surface area contributed by atoms with Crippen LogP contribution in [-0.4, -0.2) is 64.5 Å². The molecule has 5 rings (SSSR count). The van der Waals surface area contributed by atoms with Gasteiger partial charge in [-0.1, -0.05) is 36.9 Å². The number of aromatic nitrogens is 3. The van der Waals surface area contributed by atoms with Gasteiger partial charge in [0.2, 0.25) is 11.9 Å². The summed E-state index contributed by atoms with van der Waals surface area (Å²) in [6.45, 7) is 5.43. The Hall–Kier alpha value is -2.56. The summed E-state index contributed by atoms with van der Waals surface area (Å²) >= 11 is 3.14. The van der Waals surface area contributed by atoms with Gasteiger partial charge in [0, 0.05) is 29.8 Å². The lowest BCUT2D eigenvalue weighted by Gasteiger charge is -2.28. The van der Waals surface area contributed by atoms with E-state index in [0.717, 1.165) is 17.0 Å². The van der Waals surface area contributed by atoms with Gasteiger partial charge in [0.15, 0.2) is 5.16 Å². The number of ether oxygens (including phenoxy) is 1. The van der Waals surface area contributed by atoms with Gasteiger partial charge in [-0.15, -0.1) is 22.0 Å². The minimum Gasteiger partial charge on any atom is -0.378 e. The number of fused-ring (bicyclic) bond motifs is 1. The molecule has 1 amide bonds. The molecule has 0 spiro atoms. The fraction of sp³-hybridized carbons (Fsp3) is 0.375. The molecule has 0 unspecified atom stereocenters. The van der Waals surface area contributed by atoms with Crippen LogP contribution in [-0.2, 0) is 9.53 Å². The van der Waals surface area contributed by atoms with Gasteiger partial charge in [0.1, 0.15) is 5.82 Å². The molecule has 3 aromatic rings.